The van der Waals surface area contributed by atoms with E-state index in [1.165, 1.54) is 6.20 Å². The molecule has 4 nitrogen and oxygen atoms in total. The molecule has 5 heteroatoms. The lowest BCUT2D eigenvalue weighted by atomic mass is 10.2. The lowest BCUT2D eigenvalue weighted by Crippen LogP contribution is -2.36. The number of carbonyl (C=O) groups is 1. The van der Waals surface area contributed by atoms with Gasteiger partial charge < -0.3 is 10.0 Å². The first-order valence-electron chi connectivity index (χ1n) is 4.79. The quantitative estimate of drug-likeness (QED) is 0.836. The summed E-state index contributed by atoms with van der Waals surface area (Å²) in [5.41, 5.74) is 0. The van der Waals surface area contributed by atoms with Crippen LogP contribution in [0.5, 0.6) is 0 Å². The van der Waals surface area contributed by atoms with Gasteiger partial charge in [-0.05, 0) is 25.0 Å². The van der Waals surface area contributed by atoms with Crippen molar-refractivity contribution in [2.45, 2.75) is 18.9 Å². The van der Waals surface area contributed by atoms with Crippen LogP contribution in [0.3, 0.4) is 0 Å². The van der Waals surface area contributed by atoms with E-state index < -0.39 is 12.0 Å². The summed E-state index contributed by atoms with van der Waals surface area (Å²) >= 11 is 5.72. The molecule has 0 amide bonds. The Balaban J connectivity index is 2.22. The van der Waals surface area contributed by atoms with Crippen LogP contribution < -0.4 is 4.90 Å². The van der Waals surface area contributed by atoms with Crippen molar-refractivity contribution in [3.05, 3.63) is 23.4 Å². The summed E-state index contributed by atoms with van der Waals surface area (Å²) in [7, 11) is 0. The van der Waals surface area contributed by atoms with Gasteiger partial charge in [0, 0.05) is 12.7 Å². The van der Waals surface area contributed by atoms with Gasteiger partial charge in [0.05, 0.1) is 5.02 Å². The highest BCUT2D eigenvalue weighted by Crippen LogP contribution is 2.24. The van der Waals surface area contributed by atoms with Gasteiger partial charge in [0.1, 0.15) is 11.9 Å². The maximum Gasteiger partial charge on any atom is 0.326 e. The summed E-state index contributed by atoms with van der Waals surface area (Å²) in [5, 5.41) is 9.56. The molecule has 0 aromatic carbocycles. The van der Waals surface area contributed by atoms with Gasteiger partial charge in [-0.3, -0.25) is 0 Å². The Bertz CT molecular complexity index is 366. The fraction of sp³-hybridized carbons (Fsp3) is 0.400. The number of carboxylic acid groups (broad SMARTS) is 1. The molecule has 2 heterocycles. The molecule has 1 aromatic heterocycles. The molecule has 0 bridgehead atoms. The number of aliphatic carboxylic acids is 1. The van der Waals surface area contributed by atoms with Gasteiger partial charge in [0.15, 0.2) is 0 Å². The monoisotopic (exact) mass is 226 g/mol. The van der Waals surface area contributed by atoms with E-state index in [2.05, 4.69) is 4.98 Å². The van der Waals surface area contributed by atoms with Crippen LogP contribution in [0.25, 0.3) is 0 Å². The van der Waals surface area contributed by atoms with Gasteiger partial charge in [-0.15, -0.1) is 0 Å². The van der Waals surface area contributed by atoms with Crippen LogP contribution in [0, 0.1) is 0 Å². The van der Waals surface area contributed by atoms with Gasteiger partial charge >= 0.3 is 5.97 Å². The predicted octanol–water partition coefficient (Wildman–Crippen LogP) is 1.79. The largest absolute Gasteiger partial charge is 0.480 e. The minimum Gasteiger partial charge on any atom is -0.480 e. The molecule has 1 aromatic rings. The lowest BCUT2D eigenvalue weighted by Gasteiger charge is -2.22. The van der Waals surface area contributed by atoms with Gasteiger partial charge in [0.2, 0.25) is 0 Å². The second-order valence-corrected chi connectivity index (χ2v) is 3.96. The molecule has 0 aliphatic carbocycles. The summed E-state index contributed by atoms with van der Waals surface area (Å²) in [5.74, 6) is -0.103. The predicted molar refractivity (Wildman–Crippen MR) is 57.3 cm³/mol. The lowest BCUT2D eigenvalue weighted by molar-refractivity contribution is -0.138. The van der Waals surface area contributed by atoms with E-state index in [1.54, 1.807) is 17.0 Å². The third kappa shape index (κ3) is 2.04. The van der Waals surface area contributed by atoms with Crippen molar-refractivity contribution in [3.63, 3.8) is 0 Å². The minimum absolute atomic E-state index is 0.446. The second kappa shape index (κ2) is 4.06. The Labute approximate surface area is 92.5 Å². The van der Waals surface area contributed by atoms with Crippen molar-refractivity contribution in [3.8, 4) is 0 Å². The van der Waals surface area contributed by atoms with E-state index in [9.17, 15) is 4.79 Å². The van der Waals surface area contributed by atoms with Crippen molar-refractivity contribution >= 4 is 23.4 Å². The van der Waals surface area contributed by atoms with Crippen LogP contribution in [0.2, 0.25) is 5.02 Å². The first-order chi connectivity index (χ1) is 7.18. The normalized spacial score (nSPS) is 20.6. The molecule has 2 rings (SSSR count). The molecule has 1 N–H and O–H groups in total. The molecular weight excluding hydrogens is 216 g/mol. The van der Waals surface area contributed by atoms with E-state index in [-0.39, 0.29) is 0 Å². The van der Waals surface area contributed by atoms with E-state index >= 15 is 0 Å². The Morgan fingerprint density at radius 2 is 2.40 bits per heavy atom. The number of rotatable bonds is 2. The fourth-order valence-electron chi connectivity index (χ4n) is 1.84. The molecule has 80 valence electrons. The number of nitrogens with zero attached hydrogens (tertiary/aromatic N) is 2. The van der Waals surface area contributed by atoms with Crippen molar-refractivity contribution in [2.24, 2.45) is 0 Å². The molecule has 1 fully saturated rings. The number of halogens is 1. The smallest absolute Gasteiger partial charge is 0.326 e. The minimum atomic E-state index is -0.788. The molecule has 0 radical (unpaired) electrons. The number of carboxylic acids is 1. The molecule has 1 atom stereocenters. The maximum absolute atomic E-state index is 11.0. The number of hydrogen-bond donors (Lipinski definition) is 1. The molecule has 15 heavy (non-hydrogen) atoms. The molecule has 1 saturated heterocycles. The first kappa shape index (κ1) is 10.2. The number of hydrogen-bond acceptors (Lipinski definition) is 3. The third-order valence-corrected chi connectivity index (χ3v) is 2.77. The highest BCUT2D eigenvalue weighted by Gasteiger charge is 2.31. The number of aromatic nitrogens is 1. The van der Waals surface area contributed by atoms with E-state index in [4.69, 9.17) is 16.7 Å². The summed E-state index contributed by atoms with van der Waals surface area (Å²) < 4.78 is 0. The van der Waals surface area contributed by atoms with Gasteiger partial charge in [-0.25, -0.2) is 9.78 Å². The molecule has 0 saturated carbocycles. The van der Waals surface area contributed by atoms with Crippen molar-refractivity contribution in [1.29, 1.82) is 0 Å². The topological polar surface area (TPSA) is 53.4 Å². The Kier molecular flexibility index (Phi) is 2.77. The highest BCUT2D eigenvalue weighted by atomic mass is 35.5. The summed E-state index contributed by atoms with van der Waals surface area (Å²) in [4.78, 5) is 16.9. The van der Waals surface area contributed by atoms with E-state index in [1.807, 2.05) is 0 Å². The van der Waals surface area contributed by atoms with Crippen LogP contribution in [-0.4, -0.2) is 28.6 Å². The second-order valence-electron chi connectivity index (χ2n) is 3.52. The Morgan fingerprint density at radius 3 is 3.00 bits per heavy atom. The van der Waals surface area contributed by atoms with Gasteiger partial charge in [-0.1, -0.05) is 11.6 Å². The zero-order valence-electron chi connectivity index (χ0n) is 8.06. The van der Waals surface area contributed by atoms with Crippen molar-refractivity contribution in [2.75, 3.05) is 11.4 Å². The number of anilines is 1. The average molecular weight is 227 g/mol. The van der Waals surface area contributed by atoms with Crippen LogP contribution in [-0.2, 0) is 4.79 Å². The molecule has 1 unspecified atom stereocenters. The Hall–Kier alpha value is -1.29. The average Bonchev–Trinajstić information content (AvgIpc) is 2.67. The third-order valence-electron chi connectivity index (χ3n) is 2.54. The Morgan fingerprint density at radius 1 is 1.60 bits per heavy atom. The summed E-state index contributed by atoms with van der Waals surface area (Å²) in [6.45, 7) is 0.742. The van der Waals surface area contributed by atoms with Crippen LogP contribution in [0.4, 0.5) is 5.82 Å². The fourth-order valence-corrected chi connectivity index (χ4v) is 1.95. The van der Waals surface area contributed by atoms with E-state index in [0.29, 0.717) is 17.3 Å². The standard InChI is InChI=1S/C10H11ClN2O2/c11-7-3-4-9(12-6-7)13-5-1-2-8(13)10(14)15/h3-4,6,8H,1-2,5H2,(H,14,15). The summed E-state index contributed by atoms with van der Waals surface area (Å²) in [6, 6.07) is 3.03. The highest BCUT2D eigenvalue weighted by molar-refractivity contribution is 6.30. The molecule has 1 aliphatic rings. The zero-order chi connectivity index (χ0) is 10.8. The van der Waals surface area contributed by atoms with Gasteiger partial charge in [0.25, 0.3) is 0 Å². The zero-order valence-corrected chi connectivity index (χ0v) is 8.81. The number of pyridine rings is 1. The summed E-state index contributed by atoms with van der Waals surface area (Å²) in [6.07, 6.45) is 3.11. The maximum atomic E-state index is 11.0. The first-order valence-corrected chi connectivity index (χ1v) is 5.17. The van der Waals surface area contributed by atoms with Crippen LogP contribution in [0.15, 0.2) is 18.3 Å². The molecule has 0 spiro atoms. The van der Waals surface area contributed by atoms with Crippen LogP contribution in [0.1, 0.15) is 12.8 Å². The molecular formula is C10H11ClN2O2. The SMILES string of the molecule is O=C(O)C1CCCN1c1ccc(Cl)cn1. The van der Waals surface area contributed by atoms with Gasteiger partial charge in [-0.2, -0.15) is 0 Å². The van der Waals surface area contributed by atoms with Crippen molar-refractivity contribution in [1.82, 2.24) is 4.98 Å². The van der Waals surface area contributed by atoms with Crippen LogP contribution >= 0.6 is 11.6 Å². The molecule has 1 aliphatic heterocycles. The van der Waals surface area contributed by atoms with Crippen molar-refractivity contribution < 1.29 is 9.90 Å². The van der Waals surface area contributed by atoms with E-state index in [0.717, 1.165) is 13.0 Å².